The van der Waals surface area contributed by atoms with E-state index in [1.54, 1.807) is 12.1 Å². The molecule has 2 rings (SSSR count). The third kappa shape index (κ3) is 4.57. The summed E-state index contributed by atoms with van der Waals surface area (Å²) in [5, 5.41) is 17.3. The number of ether oxygens (including phenoxy) is 1. The summed E-state index contributed by atoms with van der Waals surface area (Å²) in [6.07, 6.45) is 2.37. The standard InChI is InChI=1S/C13H18IN3O3/c14-10-1-2-12(13(9-10)17(18)19)16-7-8-20-11-3-5-15-6-4-11/h1-2,9,11,15-16H,3-8H2. The molecule has 0 spiro atoms. The number of rotatable bonds is 6. The number of anilines is 1. The zero-order valence-corrected chi connectivity index (χ0v) is 13.3. The van der Waals surface area contributed by atoms with Crippen molar-refractivity contribution in [3.8, 4) is 0 Å². The average Bonchev–Trinajstić information content (AvgIpc) is 2.45. The number of piperidine rings is 1. The molecule has 0 aromatic heterocycles. The van der Waals surface area contributed by atoms with Crippen molar-refractivity contribution < 1.29 is 9.66 Å². The second kappa shape index (κ2) is 7.75. The molecule has 20 heavy (non-hydrogen) atoms. The van der Waals surface area contributed by atoms with Gasteiger partial charge in [0.1, 0.15) is 5.69 Å². The first-order valence-electron chi connectivity index (χ1n) is 6.67. The van der Waals surface area contributed by atoms with Crippen LogP contribution in [-0.4, -0.2) is 37.3 Å². The molecule has 7 heteroatoms. The van der Waals surface area contributed by atoms with Crippen LogP contribution in [0.2, 0.25) is 0 Å². The molecule has 6 nitrogen and oxygen atoms in total. The normalized spacial score (nSPS) is 16.1. The van der Waals surface area contributed by atoms with Gasteiger partial charge in [0.15, 0.2) is 0 Å². The lowest BCUT2D eigenvalue weighted by molar-refractivity contribution is -0.384. The maximum atomic E-state index is 11.0. The molecule has 1 aliphatic rings. The van der Waals surface area contributed by atoms with Crippen LogP contribution in [0.15, 0.2) is 18.2 Å². The Morgan fingerprint density at radius 2 is 2.20 bits per heavy atom. The predicted molar refractivity (Wildman–Crippen MR) is 86.1 cm³/mol. The summed E-state index contributed by atoms with van der Waals surface area (Å²) in [7, 11) is 0. The molecule has 1 aliphatic heterocycles. The van der Waals surface area contributed by atoms with Crippen molar-refractivity contribution >= 4 is 34.0 Å². The van der Waals surface area contributed by atoms with Crippen LogP contribution in [0.4, 0.5) is 11.4 Å². The number of hydrogen-bond acceptors (Lipinski definition) is 5. The molecule has 1 fully saturated rings. The number of nitro benzene ring substituents is 1. The topological polar surface area (TPSA) is 76.4 Å². The van der Waals surface area contributed by atoms with Crippen molar-refractivity contribution in [1.82, 2.24) is 5.32 Å². The van der Waals surface area contributed by atoms with Gasteiger partial charge >= 0.3 is 0 Å². The summed E-state index contributed by atoms with van der Waals surface area (Å²) in [4.78, 5) is 10.6. The highest BCUT2D eigenvalue weighted by atomic mass is 127. The van der Waals surface area contributed by atoms with E-state index >= 15 is 0 Å². The van der Waals surface area contributed by atoms with E-state index in [2.05, 4.69) is 33.2 Å². The van der Waals surface area contributed by atoms with Gasteiger partial charge in [-0.1, -0.05) is 0 Å². The van der Waals surface area contributed by atoms with Crippen LogP contribution in [0.5, 0.6) is 0 Å². The highest BCUT2D eigenvalue weighted by molar-refractivity contribution is 14.1. The zero-order chi connectivity index (χ0) is 14.4. The Labute approximate surface area is 131 Å². The predicted octanol–water partition coefficient (Wildman–Crippen LogP) is 2.38. The van der Waals surface area contributed by atoms with E-state index in [1.165, 1.54) is 0 Å². The number of hydrogen-bond donors (Lipinski definition) is 2. The Kier molecular flexibility index (Phi) is 5.99. The molecule has 0 saturated carbocycles. The van der Waals surface area contributed by atoms with E-state index < -0.39 is 0 Å². The Balaban J connectivity index is 1.80. The Morgan fingerprint density at radius 3 is 2.90 bits per heavy atom. The summed E-state index contributed by atoms with van der Waals surface area (Å²) in [5.74, 6) is 0. The van der Waals surface area contributed by atoms with Crippen LogP contribution < -0.4 is 10.6 Å². The van der Waals surface area contributed by atoms with Crippen molar-refractivity contribution in [2.45, 2.75) is 18.9 Å². The van der Waals surface area contributed by atoms with Gasteiger partial charge < -0.3 is 15.4 Å². The van der Waals surface area contributed by atoms with E-state index in [-0.39, 0.29) is 10.6 Å². The largest absolute Gasteiger partial charge is 0.377 e. The number of nitrogens with one attached hydrogen (secondary N) is 2. The molecule has 1 saturated heterocycles. The number of benzene rings is 1. The number of halogens is 1. The Bertz CT molecular complexity index is 464. The van der Waals surface area contributed by atoms with Crippen molar-refractivity contribution in [1.29, 1.82) is 0 Å². The molecule has 1 heterocycles. The van der Waals surface area contributed by atoms with E-state index in [0.717, 1.165) is 29.5 Å². The van der Waals surface area contributed by atoms with Crippen LogP contribution in [0.1, 0.15) is 12.8 Å². The van der Waals surface area contributed by atoms with Crippen molar-refractivity contribution in [3.05, 3.63) is 31.9 Å². The van der Waals surface area contributed by atoms with Gasteiger partial charge in [0.2, 0.25) is 0 Å². The first-order valence-corrected chi connectivity index (χ1v) is 7.75. The van der Waals surface area contributed by atoms with Gasteiger partial charge in [0.25, 0.3) is 5.69 Å². The number of nitrogens with zero attached hydrogens (tertiary/aromatic N) is 1. The Morgan fingerprint density at radius 1 is 1.45 bits per heavy atom. The minimum absolute atomic E-state index is 0.110. The molecular weight excluding hydrogens is 373 g/mol. The second-order valence-electron chi connectivity index (χ2n) is 4.67. The van der Waals surface area contributed by atoms with Gasteiger partial charge in [-0.15, -0.1) is 0 Å². The fraction of sp³-hybridized carbons (Fsp3) is 0.538. The fourth-order valence-electron chi connectivity index (χ4n) is 2.18. The Hall–Kier alpha value is -0.930. The monoisotopic (exact) mass is 391 g/mol. The van der Waals surface area contributed by atoms with Crippen molar-refractivity contribution in [3.63, 3.8) is 0 Å². The lowest BCUT2D eigenvalue weighted by Gasteiger charge is -2.23. The van der Waals surface area contributed by atoms with E-state index in [9.17, 15) is 10.1 Å². The third-order valence-electron chi connectivity index (χ3n) is 3.21. The van der Waals surface area contributed by atoms with Crippen LogP contribution in [0.25, 0.3) is 0 Å². The highest BCUT2D eigenvalue weighted by Crippen LogP contribution is 2.26. The molecule has 1 aromatic rings. The molecule has 0 aliphatic carbocycles. The maximum absolute atomic E-state index is 11.0. The summed E-state index contributed by atoms with van der Waals surface area (Å²) in [6.45, 7) is 3.14. The van der Waals surface area contributed by atoms with Crippen molar-refractivity contribution in [2.75, 3.05) is 31.6 Å². The molecule has 0 amide bonds. The van der Waals surface area contributed by atoms with Crippen molar-refractivity contribution in [2.24, 2.45) is 0 Å². The summed E-state index contributed by atoms with van der Waals surface area (Å²) in [5.41, 5.74) is 0.656. The van der Waals surface area contributed by atoms with Crippen LogP contribution in [0, 0.1) is 13.7 Å². The minimum Gasteiger partial charge on any atom is -0.377 e. The van der Waals surface area contributed by atoms with Crippen LogP contribution in [-0.2, 0) is 4.74 Å². The highest BCUT2D eigenvalue weighted by Gasteiger charge is 2.15. The van der Waals surface area contributed by atoms with E-state index in [0.29, 0.717) is 24.9 Å². The minimum atomic E-state index is -0.363. The molecule has 110 valence electrons. The number of nitro groups is 1. The van der Waals surface area contributed by atoms with Gasteiger partial charge in [-0.3, -0.25) is 10.1 Å². The van der Waals surface area contributed by atoms with E-state index in [4.69, 9.17) is 4.74 Å². The lowest BCUT2D eigenvalue weighted by Crippen LogP contribution is -2.33. The smallest absolute Gasteiger partial charge is 0.293 e. The lowest BCUT2D eigenvalue weighted by atomic mass is 10.1. The fourth-order valence-corrected chi connectivity index (χ4v) is 2.65. The SMILES string of the molecule is O=[N+]([O-])c1cc(I)ccc1NCCOC1CCNCC1. The first-order chi connectivity index (χ1) is 9.66. The van der Waals surface area contributed by atoms with Gasteiger partial charge in [-0.2, -0.15) is 0 Å². The van der Waals surface area contributed by atoms with Gasteiger partial charge in [-0.25, -0.2) is 0 Å². The van der Waals surface area contributed by atoms with Gasteiger partial charge in [0, 0.05) is 16.2 Å². The molecule has 0 radical (unpaired) electrons. The maximum Gasteiger partial charge on any atom is 0.293 e. The third-order valence-corrected chi connectivity index (χ3v) is 3.88. The second-order valence-corrected chi connectivity index (χ2v) is 5.91. The van der Waals surface area contributed by atoms with E-state index in [1.807, 2.05) is 6.07 Å². The summed E-state index contributed by atoms with van der Waals surface area (Å²) in [6, 6.07) is 5.16. The molecule has 0 bridgehead atoms. The summed E-state index contributed by atoms with van der Waals surface area (Å²) >= 11 is 2.07. The first kappa shape index (κ1) is 15.5. The van der Waals surface area contributed by atoms with Gasteiger partial charge in [0.05, 0.1) is 17.6 Å². The molecular formula is C13H18IN3O3. The molecule has 2 N–H and O–H groups in total. The molecule has 0 atom stereocenters. The van der Waals surface area contributed by atoms with Gasteiger partial charge in [-0.05, 0) is 60.7 Å². The summed E-state index contributed by atoms with van der Waals surface area (Å²) < 4.78 is 6.61. The average molecular weight is 391 g/mol. The quantitative estimate of drug-likeness (QED) is 0.337. The molecule has 0 unspecified atom stereocenters. The zero-order valence-electron chi connectivity index (χ0n) is 11.1. The van der Waals surface area contributed by atoms with Crippen LogP contribution >= 0.6 is 22.6 Å². The van der Waals surface area contributed by atoms with Crippen LogP contribution in [0.3, 0.4) is 0 Å². The molecule has 1 aromatic carbocycles.